The first-order chi connectivity index (χ1) is 6.63. The Morgan fingerprint density at radius 2 is 2.29 bits per heavy atom. The van der Waals surface area contributed by atoms with Gasteiger partial charge in [-0.05, 0) is 17.8 Å². The van der Waals surface area contributed by atoms with Crippen LogP contribution in [0, 0.1) is 0 Å². The van der Waals surface area contributed by atoms with Crippen molar-refractivity contribution in [2.24, 2.45) is 5.10 Å². The van der Waals surface area contributed by atoms with Gasteiger partial charge in [0.25, 0.3) is 0 Å². The van der Waals surface area contributed by atoms with Crippen molar-refractivity contribution in [3.05, 3.63) is 22.8 Å². The second-order valence-corrected chi connectivity index (χ2v) is 3.82. The van der Waals surface area contributed by atoms with Gasteiger partial charge < -0.3 is 9.75 Å². The number of thioether (sulfide) groups is 1. The van der Waals surface area contributed by atoms with Crippen LogP contribution in [-0.2, 0) is 9.53 Å². The highest BCUT2D eigenvalue weighted by Crippen LogP contribution is 2.32. The average Bonchev–Trinajstić information content (AvgIpc) is 2.45. The van der Waals surface area contributed by atoms with E-state index in [2.05, 4.69) is 5.10 Å². The predicted octanol–water partition coefficient (Wildman–Crippen LogP) is 1.22. The number of carbonyl (C=O) groups is 1. The molecule has 1 rings (SSSR count). The zero-order valence-electron chi connectivity index (χ0n) is 8.35. The number of hydrogen-bond donors (Lipinski definition) is 0. The van der Waals surface area contributed by atoms with E-state index in [0.717, 1.165) is 16.7 Å². The first-order valence-electron chi connectivity index (χ1n) is 4.03. The lowest BCUT2D eigenvalue weighted by molar-refractivity contribution is -0.106. The van der Waals surface area contributed by atoms with Crippen molar-refractivity contribution in [2.45, 2.75) is 0 Å². The molecule has 0 atom stereocenters. The number of hydrazone groups is 1. The first-order valence-corrected chi connectivity index (χ1v) is 4.84. The number of rotatable bonds is 3. The minimum Gasteiger partial charge on any atom is -0.495 e. The van der Waals surface area contributed by atoms with Crippen molar-refractivity contribution >= 4 is 23.1 Å². The molecule has 1 aliphatic rings. The Morgan fingerprint density at radius 3 is 2.86 bits per heavy atom. The molecule has 0 fully saturated rings. The van der Waals surface area contributed by atoms with E-state index in [1.807, 2.05) is 14.1 Å². The number of nitrogens with zero attached hydrogens (tertiary/aromatic N) is 2. The van der Waals surface area contributed by atoms with Crippen molar-refractivity contribution in [1.82, 2.24) is 5.01 Å². The second kappa shape index (κ2) is 4.85. The molecule has 0 saturated heterocycles. The molecule has 0 N–H and O–H groups in total. The summed E-state index contributed by atoms with van der Waals surface area (Å²) in [6, 6.07) is 0. The molecule has 5 heteroatoms. The Morgan fingerprint density at radius 1 is 1.57 bits per heavy atom. The van der Waals surface area contributed by atoms with Crippen LogP contribution in [0.25, 0.3) is 0 Å². The van der Waals surface area contributed by atoms with Gasteiger partial charge >= 0.3 is 0 Å². The summed E-state index contributed by atoms with van der Waals surface area (Å²) < 4.78 is 5.03. The van der Waals surface area contributed by atoms with E-state index >= 15 is 0 Å². The summed E-state index contributed by atoms with van der Waals surface area (Å²) in [6.45, 7) is 0. The maximum atomic E-state index is 11.0. The minimum absolute atomic E-state index is 0.00801. The molecule has 1 heterocycles. The van der Waals surface area contributed by atoms with Crippen LogP contribution in [0.15, 0.2) is 27.9 Å². The number of carbonyl (C=O) groups excluding carboxylic acids is 1. The molecule has 14 heavy (non-hydrogen) atoms. The lowest BCUT2D eigenvalue weighted by atomic mass is 10.4. The zero-order valence-corrected chi connectivity index (χ0v) is 9.17. The van der Waals surface area contributed by atoms with E-state index in [4.69, 9.17) is 4.74 Å². The minimum atomic E-state index is -0.00801. The number of methoxy groups -OCH3 is 1. The van der Waals surface area contributed by atoms with Crippen LogP contribution < -0.4 is 0 Å². The smallest absolute Gasteiger partial charge is 0.220 e. The van der Waals surface area contributed by atoms with Gasteiger partial charge in [-0.3, -0.25) is 4.79 Å². The van der Waals surface area contributed by atoms with Crippen LogP contribution in [0.5, 0.6) is 0 Å². The van der Waals surface area contributed by atoms with Crippen molar-refractivity contribution in [2.75, 3.05) is 21.2 Å². The normalized spacial score (nSPS) is 19.2. The maximum absolute atomic E-state index is 11.0. The summed E-state index contributed by atoms with van der Waals surface area (Å²) in [7, 11) is 5.20. The summed E-state index contributed by atoms with van der Waals surface area (Å²) in [4.78, 5) is 11.8. The van der Waals surface area contributed by atoms with Crippen molar-refractivity contribution < 1.29 is 9.53 Å². The fourth-order valence-electron chi connectivity index (χ4n) is 0.876. The predicted molar refractivity (Wildman–Crippen MR) is 58.0 cm³/mol. The van der Waals surface area contributed by atoms with Crippen molar-refractivity contribution in [3.63, 3.8) is 0 Å². The van der Waals surface area contributed by atoms with Crippen LogP contribution in [0.2, 0.25) is 0 Å². The molecule has 0 saturated carbocycles. The molecule has 0 aromatic rings. The molecule has 4 nitrogen and oxygen atoms in total. The Hall–Kier alpha value is -1.23. The van der Waals surface area contributed by atoms with Gasteiger partial charge in [0.1, 0.15) is 5.76 Å². The molecule has 76 valence electrons. The van der Waals surface area contributed by atoms with Gasteiger partial charge in [0, 0.05) is 26.4 Å². The fraction of sp³-hybridized carbons (Fsp3) is 0.333. The van der Waals surface area contributed by atoms with E-state index in [1.165, 1.54) is 6.08 Å². The highest BCUT2D eigenvalue weighted by molar-refractivity contribution is 8.18. The highest BCUT2D eigenvalue weighted by atomic mass is 32.2. The number of allylic oxidation sites excluding steroid dienone is 1. The van der Waals surface area contributed by atoms with E-state index in [0.29, 0.717) is 5.76 Å². The van der Waals surface area contributed by atoms with Gasteiger partial charge in [0.05, 0.1) is 12.0 Å². The lowest BCUT2D eigenvalue weighted by Gasteiger charge is -2.02. The Balaban J connectivity index is 2.70. The summed E-state index contributed by atoms with van der Waals surface area (Å²) >= 11 is 1.14. The van der Waals surface area contributed by atoms with Gasteiger partial charge in [-0.2, -0.15) is 5.10 Å². The van der Waals surface area contributed by atoms with Crippen LogP contribution in [0.1, 0.15) is 0 Å². The maximum Gasteiger partial charge on any atom is 0.220 e. The third-order valence-corrected chi connectivity index (χ3v) is 2.32. The highest BCUT2D eigenvalue weighted by Gasteiger charge is 2.19. The van der Waals surface area contributed by atoms with Gasteiger partial charge in [0.15, 0.2) is 0 Å². The van der Waals surface area contributed by atoms with E-state index in [-0.39, 0.29) is 5.12 Å². The van der Waals surface area contributed by atoms with Crippen molar-refractivity contribution in [1.29, 1.82) is 0 Å². The molecule has 0 unspecified atom stereocenters. The van der Waals surface area contributed by atoms with Gasteiger partial charge in [-0.1, -0.05) is 0 Å². The van der Waals surface area contributed by atoms with Crippen LogP contribution in [0.4, 0.5) is 0 Å². The molecule has 0 aromatic carbocycles. The summed E-state index contributed by atoms with van der Waals surface area (Å²) in [5, 5.41) is 5.67. The SMILES string of the molecule is COC1=CC(=O)S/C1=C\C=N\N(C)C. The summed E-state index contributed by atoms with van der Waals surface area (Å²) in [5.74, 6) is 0.602. The Bertz CT molecular complexity index is 319. The van der Waals surface area contributed by atoms with Crippen LogP contribution >= 0.6 is 11.8 Å². The van der Waals surface area contributed by atoms with Crippen LogP contribution in [-0.4, -0.2) is 37.5 Å². The zero-order chi connectivity index (χ0) is 10.6. The third-order valence-electron chi connectivity index (χ3n) is 1.45. The van der Waals surface area contributed by atoms with Crippen molar-refractivity contribution in [3.8, 4) is 0 Å². The monoisotopic (exact) mass is 212 g/mol. The molecule has 0 radical (unpaired) electrons. The summed E-state index contributed by atoms with van der Waals surface area (Å²) in [6.07, 6.45) is 4.86. The molecule has 0 aliphatic carbocycles. The largest absolute Gasteiger partial charge is 0.495 e. The average molecular weight is 212 g/mol. The van der Waals surface area contributed by atoms with Gasteiger partial charge in [-0.25, -0.2) is 0 Å². The number of hydrogen-bond acceptors (Lipinski definition) is 5. The molecule has 1 aliphatic heterocycles. The molecule has 0 bridgehead atoms. The standard InChI is InChI=1S/C9H12N2O2S/c1-11(2)10-5-4-8-7(13-3)6-9(12)14-8/h4-6H,1-3H3/b8-4-,10-5+. The fourth-order valence-corrected chi connectivity index (χ4v) is 1.63. The molecular formula is C9H12N2O2S. The Kier molecular flexibility index (Phi) is 3.76. The summed E-state index contributed by atoms with van der Waals surface area (Å²) in [5.41, 5.74) is 0. The topological polar surface area (TPSA) is 41.9 Å². The third kappa shape index (κ3) is 2.92. The van der Waals surface area contributed by atoms with Crippen LogP contribution in [0.3, 0.4) is 0 Å². The molecule has 0 spiro atoms. The first kappa shape index (κ1) is 10.8. The second-order valence-electron chi connectivity index (χ2n) is 2.78. The molecule has 0 amide bonds. The van der Waals surface area contributed by atoms with E-state index in [1.54, 1.807) is 24.4 Å². The molecular weight excluding hydrogens is 200 g/mol. The number of ether oxygens (including phenoxy) is 1. The Labute approximate surface area is 87.3 Å². The van der Waals surface area contributed by atoms with E-state index < -0.39 is 0 Å². The quantitative estimate of drug-likeness (QED) is 0.521. The lowest BCUT2D eigenvalue weighted by Crippen LogP contribution is -2.00. The van der Waals surface area contributed by atoms with E-state index in [9.17, 15) is 4.79 Å². The van der Waals surface area contributed by atoms with Gasteiger partial charge in [-0.15, -0.1) is 0 Å². The van der Waals surface area contributed by atoms with Gasteiger partial charge in [0.2, 0.25) is 5.12 Å². The molecule has 0 aromatic heterocycles.